The largest absolute Gasteiger partial charge is 0.478 e. The van der Waals surface area contributed by atoms with Crippen LogP contribution in [-0.2, 0) is 4.79 Å². The maximum absolute atomic E-state index is 11.7. The summed E-state index contributed by atoms with van der Waals surface area (Å²) < 4.78 is 0. The van der Waals surface area contributed by atoms with Crippen molar-refractivity contribution in [3.63, 3.8) is 0 Å². The smallest absolute Gasteiger partial charge is 0.337 e. The Labute approximate surface area is 115 Å². The van der Waals surface area contributed by atoms with E-state index in [4.69, 9.17) is 5.11 Å². The number of carboxylic acid groups (broad SMARTS) is 1. The van der Waals surface area contributed by atoms with Crippen LogP contribution in [0.25, 0.3) is 0 Å². The SMILES string of the molecule is CC(C)CCC(=O)Nc1cc([N+](=O)[O-])ccc1C(=O)O. The molecule has 0 atom stereocenters. The Morgan fingerprint density at radius 1 is 1.40 bits per heavy atom. The zero-order valence-corrected chi connectivity index (χ0v) is 11.3. The Kier molecular flexibility index (Phi) is 5.19. The van der Waals surface area contributed by atoms with Crippen molar-refractivity contribution in [2.45, 2.75) is 26.7 Å². The van der Waals surface area contributed by atoms with Gasteiger partial charge in [0.05, 0.1) is 16.2 Å². The summed E-state index contributed by atoms with van der Waals surface area (Å²) in [7, 11) is 0. The monoisotopic (exact) mass is 280 g/mol. The first-order chi connectivity index (χ1) is 9.31. The zero-order valence-electron chi connectivity index (χ0n) is 11.3. The normalized spacial score (nSPS) is 10.3. The number of non-ortho nitro benzene ring substituents is 1. The van der Waals surface area contributed by atoms with Gasteiger partial charge in [0.2, 0.25) is 5.91 Å². The number of nitrogens with zero attached hydrogens (tertiary/aromatic N) is 1. The third kappa shape index (κ3) is 4.34. The van der Waals surface area contributed by atoms with Crippen LogP contribution in [0.3, 0.4) is 0 Å². The molecular formula is C13H16N2O5. The molecule has 0 fully saturated rings. The topological polar surface area (TPSA) is 110 Å². The lowest BCUT2D eigenvalue weighted by Crippen LogP contribution is -2.15. The molecule has 7 nitrogen and oxygen atoms in total. The van der Waals surface area contributed by atoms with Crippen LogP contribution in [-0.4, -0.2) is 21.9 Å². The third-order valence-electron chi connectivity index (χ3n) is 2.67. The van der Waals surface area contributed by atoms with Crippen LogP contribution >= 0.6 is 0 Å². The number of hydrogen-bond acceptors (Lipinski definition) is 4. The second-order valence-corrected chi connectivity index (χ2v) is 4.77. The summed E-state index contributed by atoms with van der Waals surface area (Å²) in [6.07, 6.45) is 0.891. The van der Waals surface area contributed by atoms with Gasteiger partial charge in [-0.15, -0.1) is 0 Å². The number of carbonyl (C=O) groups is 2. The molecule has 0 spiro atoms. The summed E-state index contributed by atoms with van der Waals surface area (Å²) >= 11 is 0. The van der Waals surface area contributed by atoms with Gasteiger partial charge < -0.3 is 10.4 Å². The van der Waals surface area contributed by atoms with Gasteiger partial charge in [0.1, 0.15) is 0 Å². The van der Waals surface area contributed by atoms with E-state index in [1.165, 1.54) is 0 Å². The van der Waals surface area contributed by atoms with E-state index in [1.54, 1.807) is 0 Å². The molecule has 0 heterocycles. The zero-order chi connectivity index (χ0) is 15.3. The predicted molar refractivity (Wildman–Crippen MR) is 72.8 cm³/mol. The number of rotatable bonds is 6. The number of carbonyl (C=O) groups excluding carboxylic acids is 1. The van der Waals surface area contributed by atoms with E-state index >= 15 is 0 Å². The lowest BCUT2D eigenvalue weighted by molar-refractivity contribution is -0.384. The number of nitro groups is 1. The highest BCUT2D eigenvalue weighted by Gasteiger charge is 2.17. The van der Waals surface area contributed by atoms with Gasteiger partial charge in [-0.3, -0.25) is 14.9 Å². The standard InChI is InChI=1S/C13H16N2O5/c1-8(2)3-6-12(16)14-11-7-9(15(19)20)4-5-10(11)13(17)18/h4-5,7-8H,3,6H2,1-2H3,(H,14,16)(H,17,18). The Balaban J connectivity index is 2.95. The van der Waals surface area contributed by atoms with Gasteiger partial charge in [-0.1, -0.05) is 13.8 Å². The average molecular weight is 280 g/mol. The summed E-state index contributed by atoms with van der Waals surface area (Å²) in [5.41, 5.74) is -0.497. The second kappa shape index (κ2) is 6.65. The molecule has 0 aliphatic carbocycles. The molecule has 2 N–H and O–H groups in total. The molecule has 1 aromatic rings. The van der Waals surface area contributed by atoms with Crippen molar-refractivity contribution in [2.24, 2.45) is 5.92 Å². The van der Waals surface area contributed by atoms with Gasteiger partial charge in [-0.25, -0.2) is 4.79 Å². The lowest BCUT2D eigenvalue weighted by atomic mass is 10.1. The molecule has 0 saturated heterocycles. The van der Waals surface area contributed by atoms with Gasteiger partial charge in [0, 0.05) is 18.6 Å². The van der Waals surface area contributed by atoms with Gasteiger partial charge in [0.15, 0.2) is 0 Å². The van der Waals surface area contributed by atoms with Crippen molar-refractivity contribution in [1.82, 2.24) is 0 Å². The molecule has 7 heteroatoms. The number of anilines is 1. The summed E-state index contributed by atoms with van der Waals surface area (Å²) in [5.74, 6) is -1.27. The molecule has 0 aliphatic rings. The Morgan fingerprint density at radius 2 is 2.05 bits per heavy atom. The number of hydrogen-bond donors (Lipinski definition) is 2. The minimum atomic E-state index is -1.25. The predicted octanol–water partition coefficient (Wildman–Crippen LogP) is 2.67. The summed E-state index contributed by atoms with van der Waals surface area (Å²) in [6.45, 7) is 3.92. The third-order valence-corrected chi connectivity index (χ3v) is 2.67. The van der Waals surface area contributed by atoms with Gasteiger partial charge in [-0.05, 0) is 18.4 Å². The van der Waals surface area contributed by atoms with Crippen molar-refractivity contribution in [3.8, 4) is 0 Å². The van der Waals surface area contributed by atoms with E-state index in [2.05, 4.69) is 5.32 Å². The van der Waals surface area contributed by atoms with E-state index in [1.807, 2.05) is 13.8 Å². The fraction of sp³-hybridized carbons (Fsp3) is 0.385. The van der Waals surface area contributed by atoms with Crippen molar-refractivity contribution >= 4 is 23.3 Å². The molecule has 1 rings (SSSR count). The van der Waals surface area contributed by atoms with E-state index in [0.717, 1.165) is 18.2 Å². The molecule has 0 aliphatic heterocycles. The highest BCUT2D eigenvalue weighted by Crippen LogP contribution is 2.23. The minimum Gasteiger partial charge on any atom is -0.478 e. The molecule has 108 valence electrons. The molecule has 1 amide bonds. The molecule has 0 aromatic heterocycles. The maximum atomic E-state index is 11.7. The number of nitrogens with one attached hydrogen (secondary N) is 1. The highest BCUT2D eigenvalue weighted by atomic mass is 16.6. The minimum absolute atomic E-state index is 0.0551. The molecule has 0 unspecified atom stereocenters. The first-order valence-corrected chi connectivity index (χ1v) is 6.13. The number of amides is 1. The van der Waals surface area contributed by atoms with Gasteiger partial charge >= 0.3 is 5.97 Å². The number of carboxylic acids is 1. The van der Waals surface area contributed by atoms with Crippen molar-refractivity contribution in [2.75, 3.05) is 5.32 Å². The van der Waals surface area contributed by atoms with E-state index < -0.39 is 10.9 Å². The number of nitro benzene ring substituents is 1. The van der Waals surface area contributed by atoms with Crippen molar-refractivity contribution < 1.29 is 19.6 Å². The average Bonchev–Trinajstić information content (AvgIpc) is 2.35. The van der Waals surface area contributed by atoms with Crippen LogP contribution < -0.4 is 5.32 Å². The van der Waals surface area contributed by atoms with Crippen LogP contribution in [0.5, 0.6) is 0 Å². The quantitative estimate of drug-likeness (QED) is 0.615. The molecule has 0 radical (unpaired) electrons. The maximum Gasteiger partial charge on any atom is 0.337 e. The first-order valence-electron chi connectivity index (χ1n) is 6.13. The van der Waals surface area contributed by atoms with E-state index in [0.29, 0.717) is 12.3 Å². The van der Waals surface area contributed by atoms with Crippen LogP contribution in [0, 0.1) is 16.0 Å². The van der Waals surface area contributed by atoms with E-state index in [-0.39, 0.29) is 29.3 Å². The Morgan fingerprint density at radius 3 is 2.55 bits per heavy atom. The van der Waals surface area contributed by atoms with Gasteiger partial charge in [0.25, 0.3) is 5.69 Å². The van der Waals surface area contributed by atoms with Crippen LogP contribution in [0.15, 0.2) is 18.2 Å². The van der Waals surface area contributed by atoms with E-state index in [9.17, 15) is 19.7 Å². The van der Waals surface area contributed by atoms with Gasteiger partial charge in [-0.2, -0.15) is 0 Å². The van der Waals surface area contributed by atoms with Crippen LogP contribution in [0.2, 0.25) is 0 Å². The fourth-order valence-electron chi connectivity index (χ4n) is 1.57. The number of aromatic carboxylic acids is 1. The Bertz CT molecular complexity index is 540. The highest BCUT2D eigenvalue weighted by molar-refractivity contribution is 6.01. The second-order valence-electron chi connectivity index (χ2n) is 4.77. The van der Waals surface area contributed by atoms with Crippen LogP contribution in [0.4, 0.5) is 11.4 Å². The molecular weight excluding hydrogens is 264 g/mol. The molecule has 0 bridgehead atoms. The molecule has 0 saturated carbocycles. The fourth-order valence-corrected chi connectivity index (χ4v) is 1.57. The lowest BCUT2D eigenvalue weighted by Gasteiger charge is -2.09. The molecule has 1 aromatic carbocycles. The summed E-state index contributed by atoms with van der Waals surface area (Å²) in [6, 6.07) is 3.25. The first kappa shape index (κ1) is 15.6. The summed E-state index contributed by atoms with van der Waals surface area (Å²) in [4.78, 5) is 32.8. The number of benzene rings is 1. The van der Waals surface area contributed by atoms with Crippen molar-refractivity contribution in [1.29, 1.82) is 0 Å². The Hall–Kier alpha value is -2.44. The van der Waals surface area contributed by atoms with Crippen LogP contribution in [0.1, 0.15) is 37.0 Å². The van der Waals surface area contributed by atoms with Crippen molar-refractivity contribution in [3.05, 3.63) is 33.9 Å². The summed E-state index contributed by atoms with van der Waals surface area (Å²) in [5, 5.41) is 22.1. The molecule has 20 heavy (non-hydrogen) atoms.